The van der Waals surface area contributed by atoms with Crippen molar-refractivity contribution < 1.29 is 4.39 Å². The maximum Gasteiger partial charge on any atom is 0.229 e. The van der Waals surface area contributed by atoms with Gasteiger partial charge in [-0.3, -0.25) is 0 Å². The van der Waals surface area contributed by atoms with Gasteiger partial charge in [-0.15, -0.1) is 0 Å². The highest BCUT2D eigenvalue weighted by Crippen LogP contribution is 2.28. The number of nitrogens with one attached hydrogen (secondary N) is 1. The fraction of sp³-hybridized carbons (Fsp3) is 0.217. The van der Waals surface area contributed by atoms with Crippen molar-refractivity contribution in [2.75, 3.05) is 41.3 Å². The van der Waals surface area contributed by atoms with Crippen LogP contribution in [0.4, 0.5) is 27.5 Å². The summed E-state index contributed by atoms with van der Waals surface area (Å²) in [5.41, 5.74) is 4.05. The average Bonchev–Trinajstić information content (AvgIpc) is 2.81. The number of fused-ring (bicyclic) bond motifs is 1. The van der Waals surface area contributed by atoms with Gasteiger partial charge in [0, 0.05) is 55.0 Å². The molecule has 0 radical (unpaired) electrons. The third kappa shape index (κ3) is 4.13. The largest absolute Gasteiger partial charge is 0.368 e. The first kappa shape index (κ1) is 20.4. The van der Waals surface area contributed by atoms with E-state index in [1.165, 1.54) is 12.1 Å². The van der Waals surface area contributed by atoms with E-state index in [1.54, 1.807) is 12.4 Å². The van der Waals surface area contributed by atoms with Crippen molar-refractivity contribution in [3.05, 3.63) is 71.3 Å². The van der Waals surface area contributed by atoms with Crippen LogP contribution >= 0.6 is 11.6 Å². The van der Waals surface area contributed by atoms with Gasteiger partial charge in [-0.2, -0.15) is 9.97 Å². The number of benzene rings is 2. The van der Waals surface area contributed by atoms with Crippen LogP contribution in [0.2, 0.25) is 5.02 Å². The summed E-state index contributed by atoms with van der Waals surface area (Å²) >= 11 is 6.10. The van der Waals surface area contributed by atoms with Crippen LogP contribution in [0.25, 0.3) is 11.2 Å². The molecule has 3 heterocycles. The summed E-state index contributed by atoms with van der Waals surface area (Å²) in [4.78, 5) is 22.6. The lowest BCUT2D eigenvalue weighted by atomic mass is 10.2. The van der Waals surface area contributed by atoms with E-state index in [2.05, 4.69) is 30.1 Å². The van der Waals surface area contributed by atoms with Gasteiger partial charge in [0.25, 0.3) is 0 Å². The Morgan fingerprint density at radius 3 is 2.38 bits per heavy atom. The highest BCUT2D eigenvalue weighted by Gasteiger charge is 2.21. The van der Waals surface area contributed by atoms with E-state index in [0.717, 1.165) is 43.1 Å². The van der Waals surface area contributed by atoms with Crippen molar-refractivity contribution in [2.45, 2.75) is 6.92 Å². The molecule has 1 N–H and O–H groups in total. The molecular formula is C23H21ClFN7. The SMILES string of the molecule is Cc1cc(Cl)ccc1Nc1nc(N2CCN(c3ccc(F)cc3)CC2)nc2nccnc12. The molecule has 1 aliphatic rings. The molecule has 1 fully saturated rings. The number of hydrogen-bond donors (Lipinski definition) is 1. The van der Waals surface area contributed by atoms with Crippen LogP contribution in [0, 0.1) is 12.7 Å². The van der Waals surface area contributed by atoms with Gasteiger partial charge < -0.3 is 15.1 Å². The van der Waals surface area contributed by atoms with Gasteiger partial charge in [0.15, 0.2) is 17.0 Å². The monoisotopic (exact) mass is 449 g/mol. The lowest BCUT2D eigenvalue weighted by Crippen LogP contribution is -2.47. The summed E-state index contributed by atoms with van der Waals surface area (Å²) in [6.45, 7) is 5.03. The van der Waals surface area contributed by atoms with Crippen LogP contribution in [-0.2, 0) is 0 Å². The van der Waals surface area contributed by atoms with Gasteiger partial charge in [0.2, 0.25) is 5.95 Å². The summed E-state index contributed by atoms with van der Waals surface area (Å²) < 4.78 is 13.2. The first-order valence-electron chi connectivity index (χ1n) is 10.3. The summed E-state index contributed by atoms with van der Waals surface area (Å²) in [6.07, 6.45) is 3.26. The predicted molar refractivity (Wildman–Crippen MR) is 125 cm³/mol. The second kappa shape index (κ2) is 8.55. The standard InChI is InChI=1S/C23H21ClFN7/c1-15-14-16(24)2-7-19(15)28-22-20-21(27-9-8-26-20)29-23(30-22)32-12-10-31(11-13-32)18-5-3-17(25)4-6-18/h2-9,14H,10-13H2,1H3,(H,27,28,29,30). The van der Waals surface area contributed by atoms with Crippen molar-refractivity contribution in [3.63, 3.8) is 0 Å². The molecule has 0 amide bonds. The lowest BCUT2D eigenvalue weighted by molar-refractivity contribution is 0.623. The quantitative estimate of drug-likeness (QED) is 0.488. The number of anilines is 4. The topological polar surface area (TPSA) is 70.1 Å². The molecule has 0 bridgehead atoms. The zero-order chi connectivity index (χ0) is 22.1. The molecule has 1 aliphatic heterocycles. The number of piperazine rings is 1. The van der Waals surface area contributed by atoms with Crippen molar-refractivity contribution in [3.8, 4) is 0 Å². The fourth-order valence-electron chi connectivity index (χ4n) is 3.79. The van der Waals surface area contributed by atoms with Gasteiger partial charge in [-0.25, -0.2) is 14.4 Å². The molecule has 4 aromatic rings. The molecule has 0 aliphatic carbocycles. The number of nitrogens with zero attached hydrogens (tertiary/aromatic N) is 6. The molecule has 2 aromatic heterocycles. The number of hydrogen-bond acceptors (Lipinski definition) is 7. The first-order chi connectivity index (χ1) is 15.6. The number of aromatic nitrogens is 4. The fourth-order valence-corrected chi connectivity index (χ4v) is 4.02. The first-order valence-corrected chi connectivity index (χ1v) is 10.7. The molecule has 32 heavy (non-hydrogen) atoms. The minimum atomic E-state index is -0.228. The van der Waals surface area contributed by atoms with Gasteiger partial charge in [-0.05, 0) is 55.0 Å². The molecule has 2 aromatic carbocycles. The number of aryl methyl sites for hydroxylation is 1. The Hall–Kier alpha value is -3.52. The molecule has 0 spiro atoms. The summed E-state index contributed by atoms with van der Waals surface area (Å²) in [5, 5.41) is 4.06. The van der Waals surface area contributed by atoms with E-state index in [9.17, 15) is 4.39 Å². The minimum absolute atomic E-state index is 0.228. The average molecular weight is 450 g/mol. The van der Waals surface area contributed by atoms with Gasteiger partial charge in [-0.1, -0.05) is 11.6 Å². The number of rotatable bonds is 4. The molecule has 0 atom stereocenters. The lowest BCUT2D eigenvalue weighted by Gasteiger charge is -2.36. The summed E-state index contributed by atoms with van der Waals surface area (Å²) in [5.74, 6) is 0.976. The van der Waals surface area contributed by atoms with E-state index in [4.69, 9.17) is 16.6 Å². The van der Waals surface area contributed by atoms with Crippen LogP contribution in [0.5, 0.6) is 0 Å². The Labute approximate surface area is 189 Å². The van der Waals surface area contributed by atoms with Crippen LogP contribution in [0.15, 0.2) is 54.9 Å². The highest BCUT2D eigenvalue weighted by molar-refractivity contribution is 6.30. The Kier molecular flexibility index (Phi) is 5.45. The van der Waals surface area contributed by atoms with Gasteiger partial charge >= 0.3 is 0 Å². The molecular weight excluding hydrogens is 429 g/mol. The zero-order valence-corrected chi connectivity index (χ0v) is 18.2. The van der Waals surface area contributed by atoms with Crippen LogP contribution < -0.4 is 15.1 Å². The zero-order valence-electron chi connectivity index (χ0n) is 17.5. The van der Waals surface area contributed by atoms with Crippen molar-refractivity contribution in [2.24, 2.45) is 0 Å². The second-order valence-electron chi connectivity index (χ2n) is 7.64. The van der Waals surface area contributed by atoms with Gasteiger partial charge in [0.1, 0.15) is 5.82 Å². The molecule has 9 heteroatoms. The van der Waals surface area contributed by atoms with Crippen LogP contribution in [0.1, 0.15) is 5.56 Å². The molecule has 0 unspecified atom stereocenters. The normalized spacial score (nSPS) is 14.1. The summed E-state index contributed by atoms with van der Waals surface area (Å²) in [6, 6.07) is 12.2. The maximum absolute atomic E-state index is 13.2. The van der Waals surface area contributed by atoms with Crippen molar-refractivity contribution in [1.29, 1.82) is 0 Å². The van der Waals surface area contributed by atoms with E-state index in [1.807, 2.05) is 37.3 Å². The Bertz CT molecular complexity index is 1260. The van der Waals surface area contributed by atoms with E-state index >= 15 is 0 Å². The van der Waals surface area contributed by atoms with Crippen LogP contribution in [0.3, 0.4) is 0 Å². The van der Waals surface area contributed by atoms with E-state index in [0.29, 0.717) is 28.0 Å². The Morgan fingerprint density at radius 2 is 1.62 bits per heavy atom. The summed E-state index contributed by atoms with van der Waals surface area (Å²) in [7, 11) is 0. The molecule has 0 saturated carbocycles. The van der Waals surface area contributed by atoms with Crippen molar-refractivity contribution >= 4 is 45.9 Å². The van der Waals surface area contributed by atoms with Crippen LogP contribution in [-0.4, -0.2) is 46.1 Å². The maximum atomic E-state index is 13.2. The van der Waals surface area contributed by atoms with E-state index < -0.39 is 0 Å². The highest BCUT2D eigenvalue weighted by atomic mass is 35.5. The smallest absolute Gasteiger partial charge is 0.229 e. The third-order valence-corrected chi connectivity index (χ3v) is 5.75. The Balaban J connectivity index is 1.41. The second-order valence-corrected chi connectivity index (χ2v) is 8.07. The van der Waals surface area contributed by atoms with Crippen molar-refractivity contribution in [1.82, 2.24) is 19.9 Å². The minimum Gasteiger partial charge on any atom is -0.368 e. The molecule has 1 saturated heterocycles. The van der Waals surface area contributed by atoms with E-state index in [-0.39, 0.29) is 5.82 Å². The van der Waals surface area contributed by atoms with Gasteiger partial charge in [0.05, 0.1) is 0 Å². The predicted octanol–water partition coefficient (Wildman–Crippen LogP) is 4.59. The molecule has 7 nitrogen and oxygen atoms in total. The molecule has 162 valence electrons. The third-order valence-electron chi connectivity index (χ3n) is 5.52. The molecule has 5 rings (SSSR count). The Morgan fingerprint density at radius 1 is 0.906 bits per heavy atom. The number of halogens is 2.